The molecule has 2 aliphatic rings. The van der Waals surface area contributed by atoms with Gasteiger partial charge < -0.3 is 15.1 Å². The van der Waals surface area contributed by atoms with Gasteiger partial charge in [0.1, 0.15) is 17.2 Å². The third-order valence-corrected chi connectivity index (χ3v) is 6.43. The second-order valence-corrected chi connectivity index (χ2v) is 8.45. The zero-order valence-electron chi connectivity index (χ0n) is 17.4. The molecule has 2 aliphatic heterocycles. The standard InChI is InChI=1S/C23H30N6/c1-17-7-6-11-24-21(17)18-8-5-9-19(25-18)22-23(28-15-13-27(2)14-16-28)29-12-4-3-10-20(29)26-22/h3-4,6-7,10-12,18-19,25H,5,8-9,13-16H2,1-2H3/t18-,19+/m0/s1. The number of aromatic nitrogens is 3. The quantitative estimate of drug-likeness (QED) is 0.743. The van der Waals surface area contributed by atoms with Crippen molar-refractivity contribution in [2.45, 2.75) is 38.3 Å². The summed E-state index contributed by atoms with van der Waals surface area (Å²) in [5.74, 6) is 1.27. The molecule has 29 heavy (non-hydrogen) atoms. The first kappa shape index (κ1) is 18.6. The van der Waals surface area contributed by atoms with E-state index < -0.39 is 0 Å². The summed E-state index contributed by atoms with van der Waals surface area (Å²) in [7, 11) is 2.20. The SMILES string of the molecule is Cc1cccnc1[C@@H]1CCC[C@H](c2nc3ccccn3c2N2CCN(C)CC2)N1. The van der Waals surface area contributed by atoms with Gasteiger partial charge >= 0.3 is 0 Å². The van der Waals surface area contributed by atoms with Gasteiger partial charge in [-0.25, -0.2) is 4.98 Å². The predicted octanol–water partition coefficient (Wildman–Crippen LogP) is 3.35. The average molecular weight is 391 g/mol. The Kier molecular flexibility index (Phi) is 4.97. The van der Waals surface area contributed by atoms with E-state index in [9.17, 15) is 0 Å². The molecule has 0 amide bonds. The van der Waals surface area contributed by atoms with Crippen molar-refractivity contribution in [2.75, 3.05) is 38.1 Å². The van der Waals surface area contributed by atoms with Crippen molar-refractivity contribution >= 4 is 11.5 Å². The number of rotatable bonds is 3. The molecule has 2 saturated heterocycles. The van der Waals surface area contributed by atoms with Crippen LogP contribution < -0.4 is 10.2 Å². The molecule has 5 heterocycles. The zero-order chi connectivity index (χ0) is 19.8. The van der Waals surface area contributed by atoms with Gasteiger partial charge in [0.2, 0.25) is 0 Å². The van der Waals surface area contributed by atoms with Gasteiger partial charge in [-0.1, -0.05) is 12.1 Å². The van der Waals surface area contributed by atoms with Gasteiger partial charge in [0.05, 0.1) is 17.8 Å². The van der Waals surface area contributed by atoms with E-state index in [1.807, 2.05) is 12.3 Å². The summed E-state index contributed by atoms with van der Waals surface area (Å²) in [6.45, 7) is 6.43. The van der Waals surface area contributed by atoms with Gasteiger partial charge in [-0.2, -0.15) is 0 Å². The van der Waals surface area contributed by atoms with E-state index >= 15 is 0 Å². The molecule has 2 atom stereocenters. The highest BCUT2D eigenvalue weighted by atomic mass is 15.3. The molecule has 0 radical (unpaired) electrons. The van der Waals surface area contributed by atoms with Gasteiger partial charge in [0.15, 0.2) is 0 Å². The summed E-state index contributed by atoms with van der Waals surface area (Å²) in [6.07, 6.45) is 7.50. The van der Waals surface area contributed by atoms with Crippen LogP contribution in [-0.4, -0.2) is 52.5 Å². The van der Waals surface area contributed by atoms with Crippen LogP contribution in [0.2, 0.25) is 0 Å². The molecule has 0 aliphatic carbocycles. The number of likely N-dealkylation sites (N-methyl/N-ethyl adjacent to an activating group) is 1. The zero-order valence-corrected chi connectivity index (χ0v) is 17.4. The Hall–Kier alpha value is -2.44. The van der Waals surface area contributed by atoms with Crippen molar-refractivity contribution in [3.8, 4) is 0 Å². The normalized spacial score (nSPS) is 23.6. The number of imidazole rings is 1. The molecule has 6 nitrogen and oxygen atoms in total. The lowest BCUT2D eigenvalue weighted by atomic mass is 9.93. The average Bonchev–Trinajstić information content (AvgIpc) is 3.14. The van der Waals surface area contributed by atoms with Gasteiger partial charge in [-0.3, -0.25) is 9.38 Å². The molecule has 0 spiro atoms. The lowest BCUT2D eigenvalue weighted by molar-refractivity contribution is 0.307. The Morgan fingerprint density at radius 3 is 2.55 bits per heavy atom. The Bertz CT molecular complexity index is 988. The molecule has 152 valence electrons. The molecule has 0 unspecified atom stereocenters. The summed E-state index contributed by atoms with van der Waals surface area (Å²) >= 11 is 0. The van der Waals surface area contributed by atoms with Crippen LogP contribution in [-0.2, 0) is 0 Å². The predicted molar refractivity (Wildman–Crippen MR) is 116 cm³/mol. The first-order valence-corrected chi connectivity index (χ1v) is 10.8. The maximum atomic E-state index is 5.11. The van der Waals surface area contributed by atoms with Gasteiger partial charge in [-0.05, 0) is 57.0 Å². The highest BCUT2D eigenvalue weighted by Crippen LogP contribution is 2.37. The van der Waals surface area contributed by atoms with E-state index in [0.29, 0.717) is 6.04 Å². The van der Waals surface area contributed by atoms with E-state index in [4.69, 9.17) is 4.98 Å². The number of nitrogens with zero attached hydrogens (tertiary/aromatic N) is 5. The van der Waals surface area contributed by atoms with E-state index in [0.717, 1.165) is 44.7 Å². The topological polar surface area (TPSA) is 48.7 Å². The number of hydrogen-bond donors (Lipinski definition) is 1. The third kappa shape index (κ3) is 3.51. The fraction of sp³-hybridized carbons (Fsp3) is 0.478. The second kappa shape index (κ2) is 7.76. The summed E-state index contributed by atoms with van der Waals surface area (Å²) in [5.41, 5.74) is 4.68. The van der Waals surface area contributed by atoms with Crippen molar-refractivity contribution in [3.05, 3.63) is 59.7 Å². The molecule has 0 aromatic carbocycles. The van der Waals surface area contributed by atoms with E-state index in [1.54, 1.807) is 0 Å². The summed E-state index contributed by atoms with van der Waals surface area (Å²) in [6, 6.07) is 11.0. The maximum absolute atomic E-state index is 5.11. The summed E-state index contributed by atoms with van der Waals surface area (Å²) < 4.78 is 2.28. The van der Waals surface area contributed by atoms with Gasteiger partial charge in [0, 0.05) is 38.6 Å². The number of piperidine rings is 1. The molecular formula is C23H30N6. The number of hydrogen-bond acceptors (Lipinski definition) is 5. The lowest BCUT2D eigenvalue weighted by Gasteiger charge is -2.36. The molecule has 6 heteroatoms. The van der Waals surface area contributed by atoms with Crippen LogP contribution in [0, 0.1) is 6.92 Å². The summed E-state index contributed by atoms with van der Waals surface area (Å²) in [5, 5.41) is 3.90. The number of anilines is 1. The number of aryl methyl sites for hydroxylation is 1. The minimum Gasteiger partial charge on any atom is -0.354 e. The van der Waals surface area contributed by atoms with Crippen LogP contribution in [0.15, 0.2) is 42.7 Å². The first-order chi connectivity index (χ1) is 14.2. The van der Waals surface area contributed by atoms with Crippen LogP contribution in [0.4, 0.5) is 5.82 Å². The van der Waals surface area contributed by atoms with Crippen LogP contribution >= 0.6 is 0 Å². The third-order valence-electron chi connectivity index (χ3n) is 6.43. The van der Waals surface area contributed by atoms with E-state index in [1.165, 1.54) is 29.2 Å². The van der Waals surface area contributed by atoms with Crippen LogP contribution in [0.5, 0.6) is 0 Å². The van der Waals surface area contributed by atoms with Crippen molar-refractivity contribution < 1.29 is 0 Å². The Morgan fingerprint density at radius 2 is 1.76 bits per heavy atom. The molecule has 3 aromatic heterocycles. The van der Waals surface area contributed by atoms with E-state index in [2.05, 4.69) is 68.9 Å². The van der Waals surface area contributed by atoms with Crippen LogP contribution in [0.3, 0.4) is 0 Å². The highest BCUT2D eigenvalue weighted by molar-refractivity contribution is 5.58. The molecule has 3 aromatic rings. The highest BCUT2D eigenvalue weighted by Gasteiger charge is 2.31. The maximum Gasteiger partial charge on any atom is 0.138 e. The number of pyridine rings is 2. The van der Waals surface area contributed by atoms with Gasteiger partial charge in [-0.15, -0.1) is 0 Å². The Labute approximate surface area is 172 Å². The smallest absolute Gasteiger partial charge is 0.138 e. The first-order valence-electron chi connectivity index (χ1n) is 10.8. The number of fused-ring (bicyclic) bond motifs is 1. The minimum atomic E-state index is 0.254. The monoisotopic (exact) mass is 390 g/mol. The van der Waals surface area contributed by atoms with Crippen molar-refractivity contribution in [3.63, 3.8) is 0 Å². The lowest BCUT2D eigenvalue weighted by Crippen LogP contribution is -2.45. The Balaban J connectivity index is 1.51. The van der Waals surface area contributed by atoms with Crippen molar-refractivity contribution in [1.29, 1.82) is 0 Å². The fourth-order valence-electron chi connectivity index (χ4n) is 4.80. The largest absolute Gasteiger partial charge is 0.354 e. The van der Waals surface area contributed by atoms with Crippen molar-refractivity contribution in [1.82, 2.24) is 24.6 Å². The molecular weight excluding hydrogens is 360 g/mol. The molecule has 1 N–H and O–H groups in total. The second-order valence-electron chi connectivity index (χ2n) is 8.45. The number of piperazine rings is 1. The van der Waals surface area contributed by atoms with Gasteiger partial charge in [0.25, 0.3) is 0 Å². The Morgan fingerprint density at radius 1 is 0.966 bits per heavy atom. The number of nitrogens with one attached hydrogen (secondary N) is 1. The molecule has 0 bridgehead atoms. The van der Waals surface area contributed by atoms with Crippen LogP contribution in [0.25, 0.3) is 5.65 Å². The molecule has 2 fully saturated rings. The molecule has 0 saturated carbocycles. The van der Waals surface area contributed by atoms with Crippen molar-refractivity contribution in [2.24, 2.45) is 0 Å². The van der Waals surface area contributed by atoms with Crippen LogP contribution in [0.1, 0.15) is 48.3 Å². The minimum absolute atomic E-state index is 0.254. The van der Waals surface area contributed by atoms with E-state index in [-0.39, 0.29) is 6.04 Å². The summed E-state index contributed by atoms with van der Waals surface area (Å²) in [4.78, 5) is 14.7. The molecule has 5 rings (SSSR count). The fourth-order valence-corrected chi connectivity index (χ4v) is 4.80.